The highest BCUT2D eigenvalue weighted by Crippen LogP contribution is 2.61. The lowest BCUT2D eigenvalue weighted by Gasteiger charge is -2.43. The zero-order chi connectivity index (χ0) is 27.5. The highest BCUT2D eigenvalue weighted by atomic mass is 19.1. The third kappa shape index (κ3) is 4.64. The van der Waals surface area contributed by atoms with Crippen molar-refractivity contribution in [3.05, 3.63) is 84.9 Å². The number of hydrogen-bond acceptors (Lipinski definition) is 5. The van der Waals surface area contributed by atoms with Crippen LogP contribution < -0.4 is 10.2 Å². The Morgan fingerprint density at radius 1 is 1.10 bits per heavy atom. The van der Waals surface area contributed by atoms with Crippen molar-refractivity contribution in [1.82, 2.24) is 30.0 Å². The number of alkyl halides is 1. The van der Waals surface area contributed by atoms with Crippen LogP contribution in [0.25, 0.3) is 22.3 Å². The Labute approximate surface area is 234 Å². The highest BCUT2D eigenvalue weighted by molar-refractivity contribution is 5.81. The first-order chi connectivity index (χ1) is 19.3. The Morgan fingerprint density at radius 3 is 2.70 bits per heavy atom. The van der Waals surface area contributed by atoms with Gasteiger partial charge in [-0.15, -0.1) is 0 Å². The highest BCUT2D eigenvalue weighted by Gasteiger charge is 2.58. The monoisotopic (exact) mass is 537 g/mol. The molecule has 3 aliphatic carbocycles. The molecule has 2 N–H and O–H groups in total. The maximum absolute atomic E-state index is 14.0. The average molecular weight is 538 g/mol. The Kier molecular flexibility index (Phi) is 5.93. The molecule has 4 aliphatic rings. The minimum atomic E-state index is -0.596. The maximum atomic E-state index is 14.0. The van der Waals surface area contributed by atoms with Crippen LogP contribution in [0.1, 0.15) is 51.3 Å². The van der Waals surface area contributed by atoms with Gasteiger partial charge in [-0.1, -0.05) is 38.1 Å². The molecule has 40 heavy (non-hydrogen) atoms. The van der Waals surface area contributed by atoms with Gasteiger partial charge in [0.05, 0.1) is 18.4 Å². The van der Waals surface area contributed by atoms with E-state index in [0.717, 1.165) is 53.8 Å². The number of hydrogen-bond donors (Lipinski definition) is 2. The number of pyridine rings is 1. The second-order valence-electron chi connectivity index (χ2n) is 12.6. The molecule has 8 rings (SSSR count). The van der Waals surface area contributed by atoms with E-state index in [0.29, 0.717) is 24.3 Å². The molecular formula is C32H36FN7. The Morgan fingerprint density at radius 2 is 1.93 bits per heavy atom. The summed E-state index contributed by atoms with van der Waals surface area (Å²) in [7, 11) is 0. The van der Waals surface area contributed by atoms with Crippen LogP contribution in [-0.4, -0.2) is 36.9 Å². The van der Waals surface area contributed by atoms with Crippen molar-refractivity contribution in [2.24, 2.45) is 16.7 Å². The number of H-pyrrole nitrogens is 1. The Balaban J connectivity index is 1.01. The summed E-state index contributed by atoms with van der Waals surface area (Å²) in [5, 5.41) is 9.59. The Hall–Kier alpha value is -3.78. The second kappa shape index (κ2) is 9.41. The second-order valence-corrected chi connectivity index (χ2v) is 12.6. The van der Waals surface area contributed by atoms with E-state index in [1.54, 1.807) is 12.5 Å². The maximum Gasteiger partial charge on any atom is 0.182 e. The van der Waals surface area contributed by atoms with Gasteiger partial charge < -0.3 is 15.2 Å². The third-order valence-corrected chi connectivity index (χ3v) is 9.20. The topological polar surface area (TPSA) is 74.7 Å². The SMILES string of the molecule is CC(NCc1cc2ccc(Cn3cnc(-c4cncc(N5C=CC(C)(C)C=C5)c4)n3)cc2[nH]1)C12CC(C1)[C@@H](F)C2. The van der Waals surface area contributed by atoms with Gasteiger partial charge >= 0.3 is 0 Å². The number of fused-ring (bicyclic) bond motifs is 2. The summed E-state index contributed by atoms with van der Waals surface area (Å²) in [5.41, 5.74) is 5.48. The van der Waals surface area contributed by atoms with Crippen LogP contribution in [0.4, 0.5) is 10.1 Å². The molecule has 206 valence electrons. The quantitative estimate of drug-likeness (QED) is 0.274. The first kappa shape index (κ1) is 25.2. The fraction of sp³-hybridized carbons (Fsp3) is 0.406. The normalized spacial score (nSPS) is 25.4. The van der Waals surface area contributed by atoms with Gasteiger partial charge in [0.2, 0.25) is 0 Å². The fourth-order valence-corrected chi connectivity index (χ4v) is 6.60. The van der Waals surface area contributed by atoms with Crippen molar-refractivity contribution in [3.8, 4) is 11.4 Å². The molecule has 0 amide bonds. The lowest BCUT2D eigenvalue weighted by molar-refractivity contribution is 0.0886. The van der Waals surface area contributed by atoms with Crippen molar-refractivity contribution in [3.63, 3.8) is 0 Å². The predicted molar refractivity (Wildman–Crippen MR) is 156 cm³/mol. The summed E-state index contributed by atoms with van der Waals surface area (Å²) in [6.45, 7) is 7.96. The third-order valence-electron chi connectivity index (χ3n) is 9.20. The van der Waals surface area contributed by atoms with E-state index >= 15 is 0 Å². The molecule has 1 aliphatic heterocycles. The number of nitrogens with zero attached hydrogens (tertiary/aromatic N) is 5. The van der Waals surface area contributed by atoms with E-state index in [9.17, 15) is 4.39 Å². The lowest BCUT2D eigenvalue weighted by atomic mass is 9.65. The van der Waals surface area contributed by atoms with Crippen LogP contribution in [0.3, 0.4) is 0 Å². The van der Waals surface area contributed by atoms with Crippen molar-refractivity contribution in [2.75, 3.05) is 4.90 Å². The van der Waals surface area contributed by atoms with Gasteiger partial charge in [0.25, 0.3) is 0 Å². The molecule has 3 saturated carbocycles. The van der Waals surface area contributed by atoms with Gasteiger partial charge in [-0.05, 0) is 66.7 Å². The molecular weight excluding hydrogens is 501 g/mol. The number of anilines is 1. The number of aromatic nitrogens is 5. The molecule has 0 saturated heterocycles. The van der Waals surface area contributed by atoms with E-state index in [1.807, 2.05) is 10.9 Å². The molecule has 7 nitrogen and oxygen atoms in total. The summed E-state index contributed by atoms with van der Waals surface area (Å²) in [6, 6.07) is 11.1. The molecule has 0 spiro atoms. The molecule has 4 aromatic rings. The van der Waals surface area contributed by atoms with E-state index in [4.69, 9.17) is 5.10 Å². The summed E-state index contributed by atoms with van der Waals surface area (Å²) in [5.74, 6) is 0.961. The van der Waals surface area contributed by atoms with Crippen LogP contribution in [-0.2, 0) is 13.1 Å². The zero-order valence-corrected chi connectivity index (χ0v) is 23.3. The number of halogens is 1. The first-order valence-electron chi connectivity index (χ1n) is 14.3. The van der Waals surface area contributed by atoms with E-state index in [1.165, 1.54) is 5.39 Å². The lowest BCUT2D eigenvalue weighted by Crippen LogP contribution is -2.46. The minimum Gasteiger partial charge on any atom is -0.357 e. The first-order valence-corrected chi connectivity index (χ1v) is 14.3. The molecule has 3 fully saturated rings. The largest absolute Gasteiger partial charge is 0.357 e. The molecule has 1 unspecified atom stereocenters. The van der Waals surface area contributed by atoms with Crippen molar-refractivity contribution in [1.29, 1.82) is 0 Å². The molecule has 4 heterocycles. The predicted octanol–water partition coefficient (Wildman–Crippen LogP) is 6.36. The number of allylic oxidation sites excluding steroid dienone is 2. The smallest absolute Gasteiger partial charge is 0.182 e. The average Bonchev–Trinajstić information content (AvgIpc) is 3.69. The van der Waals surface area contributed by atoms with Gasteiger partial charge in [-0.2, -0.15) is 5.10 Å². The van der Waals surface area contributed by atoms with Gasteiger partial charge in [0.1, 0.15) is 12.5 Å². The minimum absolute atomic E-state index is 0.0541. The van der Waals surface area contributed by atoms with Crippen LogP contribution >= 0.6 is 0 Å². The number of aromatic amines is 1. The van der Waals surface area contributed by atoms with Crippen LogP contribution in [0.5, 0.6) is 0 Å². The van der Waals surface area contributed by atoms with Crippen LogP contribution in [0.2, 0.25) is 0 Å². The summed E-state index contributed by atoms with van der Waals surface area (Å²) < 4.78 is 15.9. The summed E-state index contributed by atoms with van der Waals surface area (Å²) >= 11 is 0. The number of benzene rings is 1. The zero-order valence-electron chi connectivity index (χ0n) is 23.3. The molecule has 2 bridgehead atoms. The van der Waals surface area contributed by atoms with Crippen molar-refractivity contribution >= 4 is 16.6 Å². The van der Waals surface area contributed by atoms with E-state index in [-0.39, 0.29) is 10.8 Å². The molecule has 2 atom stereocenters. The molecule has 1 aromatic carbocycles. The molecule has 0 radical (unpaired) electrons. The van der Waals surface area contributed by atoms with Crippen molar-refractivity contribution < 1.29 is 4.39 Å². The number of rotatable bonds is 8. The van der Waals surface area contributed by atoms with Gasteiger partial charge in [0, 0.05) is 53.4 Å². The van der Waals surface area contributed by atoms with Gasteiger partial charge in [-0.25, -0.2) is 14.1 Å². The summed E-state index contributed by atoms with van der Waals surface area (Å²) in [4.78, 5) is 14.6. The van der Waals surface area contributed by atoms with Crippen LogP contribution in [0, 0.1) is 16.7 Å². The summed E-state index contributed by atoms with van der Waals surface area (Å²) in [6.07, 6.45) is 16.1. The van der Waals surface area contributed by atoms with Gasteiger partial charge in [-0.3, -0.25) is 4.98 Å². The fourth-order valence-electron chi connectivity index (χ4n) is 6.60. The van der Waals surface area contributed by atoms with Crippen molar-refractivity contribution in [2.45, 2.75) is 65.3 Å². The standard InChI is InChI=1S/C32H36FN7/c1-21(32-13-25(14-32)28(33)15-32)35-17-26-11-23-5-4-22(10-29(23)37-26)19-40-20-36-30(38-40)24-12-27(18-34-16-24)39-8-6-31(2,3)7-9-39/h4-12,16,18,20-21,25,28,35,37H,13-15,17,19H2,1-3H3/t21?,25?,28-,32?/m0/s1. The van der Waals surface area contributed by atoms with Crippen LogP contribution in [0.15, 0.2) is 73.6 Å². The van der Waals surface area contributed by atoms with E-state index < -0.39 is 6.17 Å². The number of nitrogens with one attached hydrogen (secondary N) is 2. The molecule has 8 heteroatoms. The molecule has 3 aromatic heterocycles. The Bertz CT molecular complexity index is 1590. The van der Waals surface area contributed by atoms with E-state index in [2.05, 4.69) is 101 Å². The van der Waals surface area contributed by atoms with Gasteiger partial charge in [0.15, 0.2) is 5.82 Å².